The van der Waals surface area contributed by atoms with E-state index in [1.807, 2.05) is 18.2 Å². The molecule has 0 spiro atoms. The molecule has 0 saturated carbocycles. The second kappa shape index (κ2) is 7.04. The van der Waals surface area contributed by atoms with Gasteiger partial charge < -0.3 is 14.8 Å². The highest BCUT2D eigenvalue weighted by molar-refractivity contribution is 5.16. The number of nitrogens with zero attached hydrogens (tertiary/aromatic N) is 1. The van der Waals surface area contributed by atoms with E-state index >= 15 is 0 Å². The van der Waals surface area contributed by atoms with Crippen molar-refractivity contribution in [1.29, 1.82) is 0 Å². The topological polar surface area (TPSA) is 43.4 Å². The second-order valence-electron chi connectivity index (χ2n) is 6.37. The number of hydrogen-bond acceptors (Lipinski definition) is 4. The standard InChI is InChI=1S/C16H26N2O2/c1-16(2,3)17-11-13-7-6-9-15(18-13)20-12-14-8-4-5-10-19-14/h6-7,9,14,17H,4-5,8,10-12H2,1-3H3. The molecule has 0 aromatic carbocycles. The SMILES string of the molecule is CC(C)(C)NCc1cccc(OCC2CCCCO2)n1. The van der Waals surface area contributed by atoms with Gasteiger partial charge in [0.25, 0.3) is 0 Å². The maximum Gasteiger partial charge on any atom is 0.213 e. The lowest BCUT2D eigenvalue weighted by Gasteiger charge is -2.22. The summed E-state index contributed by atoms with van der Waals surface area (Å²) in [4.78, 5) is 4.52. The van der Waals surface area contributed by atoms with E-state index in [-0.39, 0.29) is 11.6 Å². The van der Waals surface area contributed by atoms with E-state index in [9.17, 15) is 0 Å². The van der Waals surface area contributed by atoms with Gasteiger partial charge in [0.15, 0.2) is 0 Å². The molecular formula is C16H26N2O2. The molecule has 1 unspecified atom stereocenters. The molecule has 1 aliphatic heterocycles. The van der Waals surface area contributed by atoms with Crippen LogP contribution in [0.5, 0.6) is 5.88 Å². The molecule has 1 saturated heterocycles. The Labute approximate surface area is 121 Å². The lowest BCUT2D eigenvalue weighted by molar-refractivity contribution is -0.0119. The third-order valence-electron chi connectivity index (χ3n) is 3.27. The Morgan fingerprint density at radius 1 is 1.35 bits per heavy atom. The van der Waals surface area contributed by atoms with Crippen LogP contribution in [0.25, 0.3) is 0 Å². The van der Waals surface area contributed by atoms with E-state index in [0.717, 1.165) is 25.3 Å². The molecule has 112 valence electrons. The van der Waals surface area contributed by atoms with Gasteiger partial charge >= 0.3 is 0 Å². The van der Waals surface area contributed by atoms with Crippen LogP contribution >= 0.6 is 0 Å². The molecule has 1 fully saturated rings. The van der Waals surface area contributed by atoms with Crippen LogP contribution in [0.15, 0.2) is 18.2 Å². The summed E-state index contributed by atoms with van der Waals surface area (Å²) in [5.41, 5.74) is 1.09. The van der Waals surface area contributed by atoms with Gasteiger partial charge in [-0.25, -0.2) is 4.98 Å². The Morgan fingerprint density at radius 3 is 2.90 bits per heavy atom. The molecule has 20 heavy (non-hydrogen) atoms. The largest absolute Gasteiger partial charge is 0.475 e. The molecule has 1 aromatic rings. The van der Waals surface area contributed by atoms with Crippen molar-refractivity contribution in [3.63, 3.8) is 0 Å². The van der Waals surface area contributed by atoms with E-state index < -0.39 is 0 Å². The Kier molecular flexibility index (Phi) is 5.38. The highest BCUT2D eigenvalue weighted by Crippen LogP contribution is 2.15. The molecule has 4 heteroatoms. The molecule has 0 aliphatic carbocycles. The molecule has 0 amide bonds. The predicted octanol–water partition coefficient (Wildman–Crippen LogP) is 2.92. The van der Waals surface area contributed by atoms with Gasteiger partial charge in [-0.2, -0.15) is 0 Å². The first kappa shape index (κ1) is 15.3. The Bertz CT molecular complexity index is 409. The van der Waals surface area contributed by atoms with Gasteiger partial charge in [0.1, 0.15) is 6.61 Å². The fourth-order valence-electron chi connectivity index (χ4n) is 2.11. The van der Waals surface area contributed by atoms with Crippen molar-refractivity contribution in [3.05, 3.63) is 23.9 Å². The van der Waals surface area contributed by atoms with Crippen LogP contribution in [0.1, 0.15) is 45.7 Å². The van der Waals surface area contributed by atoms with E-state index in [1.165, 1.54) is 12.8 Å². The zero-order valence-electron chi connectivity index (χ0n) is 12.8. The van der Waals surface area contributed by atoms with Gasteiger partial charge in [0.05, 0.1) is 11.8 Å². The maximum absolute atomic E-state index is 5.75. The number of rotatable bonds is 5. The van der Waals surface area contributed by atoms with E-state index in [2.05, 4.69) is 31.1 Å². The van der Waals surface area contributed by atoms with Gasteiger partial charge in [-0.05, 0) is 46.1 Å². The van der Waals surface area contributed by atoms with E-state index in [4.69, 9.17) is 9.47 Å². The van der Waals surface area contributed by atoms with Gasteiger partial charge in [0.2, 0.25) is 5.88 Å². The third kappa shape index (κ3) is 5.47. The minimum atomic E-state index is 0.0917. The average Bonchev–Trinajstić information content (AvgIpc) is 2.44. The van der Waals surface area contributed by atoms with Crippen LogP contribution in [-0.4, -0.2) is 29.8 Å². The van der Waals surface area contributed by atoms with Gasteiger partial charge in [-0.15, -0.1) is 0 Å². The molecule has 0 radical (unpaired) electrons. The summed E-state index contributed by atoms with van der Waals surface area (Å²) >= 11 is 0. The molecule has 1 atom stereocenters. The molecule has 1 aliphatic rings. The van der Waals surface area contributed by atoms with Crippen LogP contribution in [0.2, 0.25) is 0 Å². The van der Waals surface area contributed by atoms with Crippen molar-refractivity contribution in [1.82, 2.24) is 10.3 Å². The van der Waals surface area contributed by atoms with Crippen molar-refractivity contribution in [2.24, 2.45) is 0 Å². The van der Waals surface area contributed by atoms with Crippen molar-refractivity contribution in [2.75, 3.05) is 13.2 Å². The van der Waals surface area contributed by atoms with E-state index in [1.54, 1.807) is 0 Å². The lowest BCUT2D eigenvalue weighted by Crippen LogP contribution is -2.35. The minimum absolute atomic E-state index is 0.0917. The Hall–Kier alpha value is -1.13. The van der Waals surface area contributed by atoms with Crippen LogP contribution in [0.3, 0.4) is 0 Å². The van der Waals surface area contributed by atoms with Crippen LogP contribution in [0.4, 0.5) is 0 Å². The monoisotopic (exact) mass is 278 g/mol. The quantitative estimate of drug-likeness (QED) is 0.899. The first-order valence-electron chi connectivity index (χ1n) is 7.48. The minimum Gasteiger partial charge on any atom is -0.475 e. The second-order valence-corrected chi connectivity index (χ2v) is 6.37. The fraction of sp³-hybridized carbons (Fsp3) is 0.688. The summed E-state index contributed by atoms with van der Waals surface area (Å²) in [5.74, 6) is 0.687. The summed E-state index contributed by atoms with van der Waals surface area (Å²) in [7, 11) is 0. The number of hydrogen-bond donors (Lipinski definition) is 1. The van der Waals surface area contributed by atoms with Crippen molar-refractivity contribution in [2.45, 2.75) is 58.2 Å². The highest BCUT2D eigenvalue weighted by Gasteiger charge is 2.15. The van der Waals surface area contributed by atoms with Crippen molar-refractivity contribution >= 4 is 0 Å². The van der Waals surface area contributed by atoms with Gasteiger partial charge in [-0.1, -0.05) is 6.07 Å². The van der Waals surface area contributed by atoms with Crippen LogP contribution < -0.4 is 10.1 Å². The zero-order chi connectivity index (χ0) is 14.4. The van der Waals surface area contributed by atoms with Crippen LogP contribution in [0, 0.1) is 0 Å². The normalized spacial score (nSPS) is 19.9. The summed E-state index contributed by atoms with van der Waals surface area (Å²) in [6, 6.07) is 5.91. The third-order valence-corrected chi connectivity index (χ3v) is 3.27. The summed E-state index contributed by atoms with van der Waals surface area (Å²) in [6.45, 7) is 8.65. The van der Waals surface area contributed by atoms with Gasteiger partial charge in [0, 0.05) is 24.8 Å². The van der Waals surface area contributed by atoms with Crippen LogP contribution in [-0.2, 0) is 11.3 Å². The molecule has 1 aromatic heterocycles. The molecule has 0 bridgehead atoms. The highest BCUT2D eigenvalue weighted by atomic mass is 16.5. The molecule has 1 N–H and O–H groups in total. The number of pyridine rings is 1. The van der Waals surface area contributed by atoms with Crippen molar-refractivity contribution in [3.8, 4) is 5.88 Å². The van der Waals surface area contributed by atoms with E-state index in [0.29, 0.717) is 12.5 Å². The molecule has 2 rings (SSSR count). The first-order valence-corrected chi connectivity index (χ1v) is 7.48. The maximum atomic E-state index is 5.75. The molecule has 2 heterocycles. The first-order chi connectivity index (χ1) is 9.53. The average molecular weight is 278 g/mol. The molecule has 4 nitrogen and oxygen atoms in total. The predicted molar refractivity (Wildman–Crippen MR) is 79.9 cm³/mol. The summed E-state index contributed by atoms with van der Waals surface area (Å²) in [5, 5.41) is 3.43. The zero-order valence-corrected chi connectivity index (χ0v) is 12.8. The lowest BCUT2D eigenvalue weighted by atomic mass is 10.1. The fourth-order valence-corrected chi connectivity index (χ4v) is 2.11. The number of nitrogens with one attached hydrogen (secondary N) is 1. The Balaban J connectivity index is 1.82. The smallest absolute Gasteiger partial charge is 0.213 e. The number of ether oxygens (including phenoxy) is 2. The number of aromatic nitrogens is 1. The summed E-state index contributed by atoms with van der Waals surface area (Å²) in [6.07, 6.45) is 3.72. The summed E-state index contributed by atoms with van der Waals surface area (Å²) < 4.78 is 11.4. The van der Waals surface area contributed by atoms with Crippen molar-refractivity contribution < 1.29 is 9.47 Å². The Morgan fingerprint density at radius 2 is 2.20 bits per heavy atom. The molecular weight excluding hydrogens is 252 g/mol. The van der Waals surface area contributed by atoms with Gasteiger partial charge in [-0.3, -0.25) is 0 Å².